The van der Waals surface area contributed by atoms with Crippen molar-refractivity contribution in [3.63, 3.8) is 0 Å². The van der Waals surface area contributed by atoms with Gasteiger partial charge in [-0.3, -0.25) is 9.59 Å². The van der Waals surface area contributed by atoms with Crippen LogP contribution in [0.2, 0.25) is 0 Å². The zero-order valence-electron chi connectivity index (χ0n) is 10.6. The Labute approximate surface area is 104 Å². The first kappa shape index (κ1) is 14.2. The number of carboxylic acids is 1. The van der Waals surface area contributed by atoms with Crippen molar-refractivity contribution in [3.8, 4) is 0 Å². The van der Waals surface area contributed by atoms with Crippen LogP contribution in [0.5, 0.6) is 0 Å². The molecular weight excluding hydrogens is 216 g/mol. The van der Waals surface area contributed by atoms with E-state index in [4.69, 9.17) is 5.11 Å². The number of hydrogen-bond donors (Lipinski definition) is 1. The molecule has 1 aliphatic carbocycles. The lowest BCUT2D eigenvalue weighted by Crippen LogP contribution is -2.18. The number of carbonyl (C=O) groups is 2. The molecule has 1 rings (SSSR count). The second kappa shape index (κ2) is 8.26. The minimum Gasteiger partial charge on any atom is -0.481 e. The molecule has 1 saturated carbocycles. The molecule has 3 nitrogen and oxygen atoms in total. The molecule has 0 heterocycles. The van der Waals surface area contributed by atoms with Gasteiger partial charge in [-0.15, -0.1) is 0 Å². The van der Waals surface area contributed by atoms with Crippen LogP contribution < -0.4 is 0 Å². The zero-order chi connectivity index (χ0) is 12.5. The lowest BCUT2D eigenvalue weighted by Gasteiger charge is -2.14. The van der Waals surface area contributed by atoms with Gasteiger partial charge in [-0.25, -0.2) is 0 Å². The van der Waals surface area contributed by atoms with Gasteiger partial charge in [0.05, 0.1) is 6.42 Å². The van der Waals surface area contributed by atoms with Crippen molar-refractivity contribution >= 4 is 11.8 Å². The first-order valence-electron chi connectivity index (χ1n) is 6.94. The summed E-state index contributed by atoms with van der Waals surface area (Å²) >= 11 is 0. The van der Waals surface area contributed by atoms with Crippen molar-refractivity contribution in [2.45, 2.75) is 70.6 Å². The Morgan fingerprint density at radius 3 is 2.12 bits per heavy atom. The molecule has 0 aromatic heterocycles. The Kier molecular flexibility index (Phi) is 6.90. The van der Waals surface area contributed by atoms with Crippen molar-refractivity contribution < 1.29 is 14.7 Å². The maximum Gasteiger partial charge on any atom is 0.304 e. The molecule has 1 fully saturated rings. The van der Waals surface area contributed by atoms with Crippen molar-refractivity contribution in [1.82, 2.24) is 0 Å². The maximum atomic E-state index is 11.9. The van der Waals surface area contributed by atoms with Gasteiger partial charge < -0.3 is 5.11 Å². The van der Waals surface area contributed by atoms with E-state index < -0.39 is 5.97 Å². The molecule has 17 heavy (non-hydrogen) atoms. The van der Waals surface area contributed by atoms with Crippen molar-refractivity contribution in [1.29, 1.82) is 0 Å². The second-order valence-corrected chi connectivity index (χ2v) is 5.13. The topological polar surface area (TPSA) is 54.4 Å². The summed E-state index contributed by atoms with van der Waals surface area (Å²) in [5.74, 6) is -0.893. The quantitative estimate of drug-likeness (QED) is 0.803. The Morgan fingerprint density at radius 2 is 1.53 bits per heavy atom. The molecule has 0 spiro atoms. The number of Topliss-reactive ketones (excluding diaryl/α,β-unsaturated/α-hetero) is 1. The van der Waals surface area contributed by atoms with E-state index in [-0.39, 0.29) is 18.1 Å². The molecule has 0 aliphatic heterocycles. The van der Waals surface area contributed by atoms with Crippen LogP contribution in [0.4, 0.5) is 0 Å². The molecule has 1 aliphatic rings. The molecule has 98 valence electrons. The molecule has 3 heteroatoms. The summed E-state index contributed by atoms with van der Waals surface area (Å²) in [6.45, 7) is 0. The van der Waals surface area contributed by atoms with E-state index in [0.717, 1.165) is 32.1 Å². The number of ketones is 1. The summed E-state index contributed by atoms with van der Waals surface area (Å²) in [7, 11) is 0. The third-order valence-corrected chi connectivity index (χ3v) is 3.60. The van der Waals surface area contributed by atoms with Crippen molar-refractivity contribution in [2.24, 2.45) is 5.92 Å². The monoisotopic (exact) mass is 240 g/mol. The van der Waals surface area contributed by atoms with Crippen LogP contribution in [0.25, 0.3) is 0 Å². The first-order valence-corrected chi connectivity index (χ1v) is 6.94. The van der Waals surface area contributed by atoms with E-state index in [9.17, 15) is 9.59 Å². The molecule has 0 aromatic carbocycles. The summed E-state index contributed by atoms with van der Waals surface area (Å²) < 4.78 is 0. The third kappa shape index (κ3) is 6.44. The van der Waals surface area contributed by atoms with E-state index >= 15 is 0 Å². The van der Waals surface area contributed by atoms with Crippen molar-refractivity contribution in [3.05, 3.63) is 0 Å². The first-order chi connectivity index (χ1) is 8.20. The highest BCUT2D eigenvalue weighted by atomic mass is 16.4. The van der Waals surface area contributed by atoms with Gasteiger partial charge in [0.15, 0.2) is 0 Å². The third-order valence-electron chi connectivity index (χ3n) is 3.60. The van der Waals surface area contributed by atoms with Gasteiger partial charge in [0, 0.05) is 12.3 Å². The molecule has 0 saturated heterocycles. The number of rotatable bonds is 2. The average molecular weight is 240 g/mol. The number of hydrogen-bond acceptors (Lipinski definition) is 2. The van der Waals surface area contributed by atoms with Gasteiger partial charge in [0.2, 0.25) is 0 Å². The van der Waals surface area contributed by atoms with E-state index in [1.165, 1.54) is 25.7 Å². The Hall–Kier alpha value is -0.860. The van der Waals surface area contributed by atoms with Gasteiger partial charge in [0.25, 0.3) is 0 Å². The lowest BCUT2D eigenvalue weighted by atomic mass is 9.89. The summed E-state index contributed by atoms with van der Waals surface area (Å²) in [6.07, 6.45) is 10.6. The number of carboxylic acid groups (broad SMARTS) is 1. The minimum atomic E-state index is -0.838. The van der Waals surface area contributed by atoms with Crippen LogP contribution in [-0.2, 0) is 9.59 Å². The summed E-state index contributed by atoms with van der Waals surface area (Å²) in [5.41, 5.74) is 0. The predicted octanol–water partition coefficient (Wildman–Crippen LogP) is 3.56. The fraction of sp³-hybridized carbons (Fsp3) is 0.857. The van der Waals surface area contributed by atoms with Gasteiger partial charge in [-0.1, -0.05) is 44.9 Å². The molecule has 1 atom stereocenters. The highest BCUT2D eigenvalue weighted by Gasteiger charge is 2.20. The van der Waals surface area contributed by atoms with Gasteiger partial charge in [-0.05, 0) is 12.8 Å². The SMILES string of the molecule is O=C(O)C[C@H]1CCCCCCCCCCC1=O. The van der Waals surface area contributed by atoms with Crippen LogP contribution in [0.1, 0.15) is 70.6 Å². The summed E-state index contributed by atoms with van der Waals surface area (Å²) in [6, 6.07) is 0. The lowest BCUT2D eigenvalue weighted by molar-refractivity contribution is -0.140. The van der Waals surface area contributed by atoms with Crippen LogP contribution >= 0.6 is 0 Å². The molecule has 0 aromatic rings. The highest BCUT2D eigenvalue weighted by molar-refractivity contribution is 5.84. The smallest absolute Gasteiger partial charge is 0.304 e. The molecular formula is C14H24O3. The van der Waals surface area contributed by atoms with Crippen LogP contribution in [0.15, 0.2) is 0 Å². The van der Waals surface area contributed by atoms with E-state index in [1.54, 1.807) is 0 Å². The zero-order valence-corrected chi connectivity index (χ0v) is 10.6. The number of carbonyl (C=O) groups excluding carboxylic acids is 1. The maximum absolute atomic E-state index is 11.9. The van der Waals surface area contributed by atoms with Gasteiger partial charge in [-0.2, -0.15) is 0 Å². The fourth-order valence-corrected chi connectivity index (χ4v) is 2.54. The summed E-state index contributed by atoms with van der Waals surface area (Å²) in [4.78, 5) is 22.6. The Bertz CT molecular complexity index is 248. The summed E-state index contributed by atoms with van der Waals surface area (Å²) in [5, 5.41) is 8.82. The largest absolute Gasteiger partial charge is 0.481 e. The molecule has 1 N–H and O–H groups in total. The van der Waals surface area contributed by atoms with E-state index in [1.807, 2.05) is 0 Å². The molecule has 0 radical (unpaired) electrons. The standard InChI is InChI=1S/C14H24O3/c15-13-10-8-6-4-2-1-3-5-7-9-12(13)11-14(16)17/h12H,1-11H2,(H,16,17)/t12-/m1/s1. The van der Waals surface area contributed by atoms with Crippen LogP contribution in [0, 0.1) is 5.92 Å². The molecule has 0 unspecified atom stereocenters. The van der Waals surface area contributed by atoms with Crippen LogP contribution in [0.3, 0.4) is 0 Å². The Balaban J connectivity index is 2.45. The second-order valence-electron chi connectivity index (χ2n) is 5.13. The van der Waals surface area contributed by atoms with Gasteiger partial charge in [0.1, 0.15) is 5.78 Å². The number of aliphatic carboxylic acids is 1. The predicted molar refractivity (Wildman–Crippen MR) is 66.9 cm³/mol. The highest BCUT2D eigenvalue weighted by Crippen LogP contribution is 2.21. The van der Waals surface area contributed by atoms with Crippen molar-refractivity contribution in [2.75, 3.05) is 0 Å². The Morgan fingerprint density at radius 1 is 1.00 bits per heavy atom. The normalized spacial score (nSPS) is 24.7. The average Bonchev–Trinajstić information content (AvgIpc) is 2.27. The minimum absolute atomic E-state index is 0.0266. The fourth-order valence-electron chi connectivity index (χ4n) is 2.54. The van der Waals surface area contributed by atoms with E-state index in [2.05, 4.69) is 0 Å². The van der Waals surface area contributed by atoms with E-state index in [0.29, 0.717) is 6.42 Å². The molecule has 0 amide bonds. The molecule has 0 bridgehead atoms. The van der Waals surface area contributed by atoms with Crippen LogP contribution in [-0.4, -0.2) is 16.9 Å². The van der Waals surface area contributed by atoms with Gasteiger partial charge >= 0.3 is 5.97 Å².